The van der Waals surface area contributed by atoms with E-state index in [1.54, 1.807) is 6.92 Å². The van der Waals surface area contributed by atoms with Crippen molar-refractivity contribution in [2.75, 3.05) is 13.7 Å². The second-order valence-electron chi connectivity index (χ2n) is 4.14. The van der Waals surface area contributed by atoms with E-state index < -0.39 is 17.4 Å². The van der Waals surface area contributed by atoms with E-state index in [1.165, 1.54) is 25.3 Å². The van der Waals surface area contributed by atoms with Crippen molar-refractivity contribution in [3.05, 3.63) is 29.3 Å². The summed E-state index contributed by atoms with van der Waals surface area (Å²) in [6.45, 7) is 1.62. The molecule has 8 heteroatoms. The summed E-state index contributed by atoms with van der Waals surface area (Å²) in [6, 6.07) is 4.17. The summed E-state index contributed by atoms with van der Waals surface area (Å²) in [5, 5.41) is 0. The predicted octanol–water partition coefficient (Wildman–Crippen LogP) is 3.58. The summed E-state index contributed by atoms with van der Waals surface area (Å²) in [6.07, 6.45) is -0.0352. The van der Waals surface area contributed by atoms with Crippen LogP contribution in [0.2, 0.25) is 0 Å². The highest BCUT2D eigenvalue weighted by molar-refractivity contribution is 8.00. The molecule has 0 heterocycles. The first-order chi connectivity index (χ1) is 10.3. The fourth-order valence-electron chi connectivity index (χ4n) is 1.73. The van der Waals surface area contributed by atoms with Crippen molar-refractivity contribution < 1.29 is 32.2 Å². The summed E-state index contributed by atoms with van der Waals surface area (Å²) in [5.74, 6) is -1.36. The highest BCUT2D eigenvalue weighted by atomic mass is 32.2. The van der Waals surface area contributed by atoms with Crippen molar-refractivity contribution in [1.29, 1.82) is 0 Å². The fourth-order valence-corrected chi connectivity index (χ4v) is 2.52. The minimum Gasteiger partial charge on any atom is -0.469 e. The maximum absolute atomic E-state index is 12.7. The third kappa shape index (κ3) is 5.59. The zero-order valence-electron chi connectivity index (χ0n) is 12.0. The largest absolute Gasteiger partial charge is 0.469 e. The van der Waals surface area contributed by atoms with Gasteiger partial charge >= 0.3 is 17.4 Å². The Morgan fingerprint density at radius 2 is 1.95 bits per heavy atom. The Hall–Kier alpha value is -1.70. The number of hydrogen-bond donors (Lipinski definition) is 0. The molecule has 0 N–H and O–H groups in total. The molecule has 122 valence electrons. The van der Waals surface area contributed by atoms with Gasteiger partial charge in [-0.2, -0.15) is 13.2 Å². The number of halogens is 3. The normalized spacial score (nSPS) is 11.1. The molecule has 1 aromatic carbocycles. The number of carbonyl (C=O) groups is 2. The van der Waals surface area contributed by atoms with Crippen LogP contribution >= 0.6 is 11.8 Å². The predicted molar refractivity (Wildman–Crippen MR) is 74.6 cm³/mol. The van der Waals surface area contributed by atoms with Crippen molar-refractivity contribution in [3.8, 4) is 0 Å². The van der Waals surface area contributed by atoms with Gasteiger partial charge in [0.15, 0.2) is 0 Å². The first-order valence-electron chi connectivity index (χ1n) is 6.40. The number of rotatable bonds is 6. The lowest BCUT2D eigenvalue weighted by molar-refractivity contribution is -0.140. The smallest absolute Gasteiger partial charge is 0.446 e. The number of hydrogen-bond acceptors (Lipinski definition) is 5. The van der Waals surface area contributed by atoms with Crippen molar-refractivity contribution in [2.24, 2.45) is 0 Å². The number of esters is 2. The quantitative estimate of drug-likeness (QED) is 0.587. The van der Waals surface area contributed by atoms with Crippen LogP contribution in [-0.2, 0) is 20.7 Å². The van der Waals surface area contributed by atoms with Gasteiger partial charge in [-0.25, -0.2) is 4.79 Å². The Morgan fingerprint density at radius 3 is 2.50 bits per heavy atom. The summed E-state index contributed by atoms with van der Waals surface area (Å²) >= 11 is -0.386. The maximum atomic E-state index is 12.7. The molecule has 1 rings (SSSR count). The Bertz CT molecular complexity index is 543. The molecule has 0 fully saturated rings. The van der Waals surface area contributed by atoms with Crippen molar-refractivity contribution in [3.63, 3.8) is 0 Å². The van der Waals surface area contributed by atoms with Crippen LogP contribution in [0, 0.1) is 0 Å². The highest BCUT2D eigenvalue weighted by Gasteiger charge is 2.33. The SMILES string of the molecule is CCOC(=O)c1cccc(CCC(=O)OC)c1SC(F)(F)F. The fraction of sp³-hybridized carbons (Fsp3) is 0.429. The van der Waals surface area contributed by atoms with E-state index in [1.807, 2.05) is 0 Å². The average Bonchev–Trinajstić information content (AvgIpc) is 2.44. The average molecular weight is 336 g/mol. The second kappa shape index (κ2) is 8.07. The molecule has 0 saturated heterocycles. The van der Waals surface area contributed by atoms with Crippen LogP contribution in [-0.4, -0.2) is 31.2 Å². The lowest BCUT2D eigenvalue weighted by Crippen LogP contribution is -2.11. The van der Waals surface area contributed by atoms with Gasteiger partial charge in [0.05, 0.1) is 19.3 Å². The topological polar surface area (TPSA) is 52.6 Å². The van der Waals surface area contributed by atoms with Crippen LogP contribution in [0.3, 0.4) is 0 Å². The summed E-state index contributed by atoms with van der Waals surface area (Å²) in [4.78, 5) is 22.7. The molecule has 0 unspecified atom stereocenters. The molecule has 0 aromatic heterocycles. The highest BCUT2D eigenvalue weighted by Crippen LogP contribution is 2.41. The first-order valence-corrected chi connectivity index (χ1v) is 7.21. The first kappa shape index (κ1) is 18.3. The number of aryl methyl sites for hydroxylation is 1. The van der Waals surface area contributed by atoms with E-state index in [4.69, 9.17) is 4.74 Å². The van der Waals surface area contributed by atoms with Crippen molar-refractivity contribution >= 4 is 23.7 Å². The van der Waals surface area contributed by atoms with Gasteiger partial charge in [-0.15, -0.1) is 0 Å². The van der Waals surface area contributed by atoms with Crippen LogP contribution in [0.1, 0.15) is 29.3 Å². The molecule has 0 bridgehead atoms. The zero-order chi connectivity index (χ0) is 16.8. The lowest BCUT2D eigenvalue weighted by Gasteiger charge is -2.14. The number of methoxy groups -OCH3 is 1. The van der Waals surface area contributed by atoms with Gasteiger partial charge in [-0.3, -0.25) is 4.79 Å². The van der Waals surface area contributed by atoms with E-state index in [9.17, 15) is 22.8 Å². The van der Waals surface area contributed by atoms with Crippen LogP contribution in [0.4, 0.5) is 13.2 Å². The monoisotopic (exact) mass is 336 g/mol. The van der Waals surface area contributed by atoms with Crippen LogP contribution in [0.15, 0.2) is 23.1 Å². The van der Waals surface area contributed by atoms with E-state index in [0.29, 0.717) is 0 Å². The van der Waals surface area contributed by atoms with Gasteiger partial charge in [-0.1, -0.05) is 12.1 Å². The molecule has 0 aliphatic carbocycles. The number of ether oxygens (including phenoxy) is 2. The lowest BCUT2D eigenvalue weighted by atomic mass is 10.1. The van der Waals surface area contributed by atoms with Crippen molar-refractivity contribution in [1.82, 2.24) is 0 Å². The summed E-state index contributed by atoms with van der Waals surface area (Å²) in [7, 11) is 1.20. The minimum atomic E-state index is -4.55. The molecule has 4 nitrogen and oxygen atoms in total. The molecule has 0 spiro atoms. The second-order valence-corrected chi connectivity index (χ2v) is 5.21. The Balaban J connectivity index is 3.16. The van der Waals surface area contributed by atoms with Gasteiger partial charge in [0.2, 0.25) is 0 Å². The number of benzene rings is 1. The van der Waals surface area contributed by atoms with E-state index in [2.05, 4.69) is 4.74 Å². The zero-order valence-corrected chi connectivity index (χ0v) is 12.8. The van der Waals surface area contributed by atoms with Crippen LogP contribution in [0.5, 0.6) is 0 Å². The molecule has 0 saturated carbocycles. The van der Waals surface area contributed by atoms with E-state index in [-0.39, 0.29) is 47.2 Å². The molecule has 0 aliphatic heterocycles. The standard InChI is InChI=1S/C14H15F3O4S/c1-3-21-13(19)10-6-4-5-9(7-8-11(18)20-2)12(10)22-14(15,16)17/h4-6H,3,7-8H2,1-2H3. The van der Waals surface area contributed by atoms with E-state index in [0.717, 1.165) is 0 Å². The molecule has 0 radical (unpaired) electrons. The molecular formula is C14H15F3O4S. The maximum Gasteiger partial charge on any atom is 0.446 e. The van der Waals surface area contributed by atoms with Crippen LogP contribution < -0.4 is 0 Å². The third-order valence-electron chi connectivity index (χ3n) is 2.64. The number of alkyl halides is 3. The molecule has 0 atom stereocenters. The molecule has 1 aromatic rings. The van der Waals surface area contributed by atoms with Crippen LogP contribution in [0.25, 0.3) is 0 Å². The third-order valence-corrected chi connectivity index (χ3v) is 3.55. The van der Waals surface area contributed by atoms with Gasteiger partial charge in [0.1, 0.15) is 0 Å². The summed E-state index contributed by atoms with van der Waals surface area (Å²) < 4.78 is 47.4. The minimum absolute atomic E-state index is 0.0400. The van der Waals surface area contributed by atoms with E-state index >= 15 is 0 Å². The Morgan fingerprint density at radius 1 is 1.27 bits per heavy atom. The van der Waals surface area contributed by atoms with Gasteiger partial charge < -0.3 is 9.47 Å². The summed E-state index contributed by atoms with van der Waals surface area (Å²) in [5.41, 5.74) is -4.47. The number of thioether (sulfide) groups is 1. The van der Waals surface area contributed by atoms with Gasteiger partial charge in [-0.05, 0) is 36.7 Å². The molecular weight excluding hydrogens is 321 g/mol. The number of carbonyl (C=O) groups excluding carboxylic acids is 2. The molecule has 0 amide bonds. The van der Waals surface area contributed by atoms with Crippen molar-refractivity contribution in [2.45, 2.75) is 30.2 Å². The molecule has 22 heavy (non-hydrogen) atoms. The molecule has 0 aliphatic rings. The van der Waals surface area contributed by atoms with Gasteiger partial charge in [0.25, 0.3) is 0 Å². The Kier molecular flexibility index (Phi) is 6.73. The Labute approximate surface area is 130 Å². The van der Waals surface area contributed by atoms with Gasteiger partial charge in [0, 0.05) is 11.3 Å².